The number of aromatic nitrogens is 1. The van der Waals surface area contributed by atoms with Crippen molar-refractivity contribution in [3.05, 3.63) is 50.8 Å². The Morgan fingerprint density at radius 1 is 1.47 bits per heavy atom. The van der Waals surface area contributed by atoms with Crippen molar-refractivity contribution in [2.45, 2.75) is 25.8 Å². The number of hydrogen-bond donors (Lipinski definition) is 1. The van der Waals surface area contributed by atoms with E-state index in [1.54, 1.807) is 23.5 Å². The third kappa shape index (κ3) is 3.29. The van der Waals surface area contributed by atoms with E-state index in [0.29, 0.717) is 5.69 Å². The molecule has 0 saturated heterocycles. The van der Waals surface area contributed by atoms with E-state index in [1.807, 2.05) is 17.5 Å². The van der Waals surface area contributed by atoms with Gasteiger partial charge in [0.1, 0.15) is 11.9 Å². The molecule has 2 aromatic heterocycles. The predicted octanol–water partition coefficient (Wildman–Crippen LogP) is 4.00. The average Bonchev–Trinajstić information content (AvgIpc) is 2.92. The summed E-state index contributed by atoms with van der Waals surface area (Å²) in [5.74, 6) is -0.125. The van der Waals surface area contributed by atoms with Crippen LogP contribution in [-0.2, 0) is 0 Å². The highest BCUT2D eigenvalue weighted by Crippen LogP contribution is 2.30. The SMILES string of the molecule is CCCC(Nc1cccnc1[N+](=O)[O-])c1cccs1. The van der Waals surface area contributed by atoms with Gasteiger partial charge in [0.2, 0.25) is 0 Å². The highest BCUT2D eigenvalue weighted by atomic mass is 32.1. The lowest BCUT2D eigenvalue weighted by atomic mass is 10.1. The van der Waals surface area contributed by atoms with Gasteiger partial charge in [-0.25, -0.2) is 0 Å². The molecule has 0 aliphatic heterocycles. The minimum atomic E-state index is -0.459. The molecule has 0 amide bonds. The van der Waals surface area contributed by atoms with Gasteiger partial charge in [-0.15, -0.1) is 11.3 Å². The maximum atomic E-state index is 11.0. The van der Waals surface area contributed by atoms with E-state index in [2.05, 4.69) is 17.2 Å². The van der Waals surface area contributed by atoms with Crippen molar-refractivity contribution < 1.29 is 4.92 Å². The zero-order chi connectivity index (χ0) is 13.7. The number of nitrogens with zero attached hydrogens (tertiary/aromatic N) is 2. The first-order valence-electron chi connectivity index (χ1n) is 6.11. The Hall–Kier alpha value is -1.95. The first-order chi connectivity index (χ1) is 9.22. The fourth-order valence-corrected chi connectivity index (χ4v) is 2.72. The van der Waals surface area contributed by atoms with Crippen molar-refractivity contribution in [3.8, 4) is 0 Å². The molecule has 1 unspecified atom stereocenters. The van der Waals surface area contributed by atoms with E-state index in [9.17, 15) is 10.1 Å². The van der Waals surface area contributed by atoms with E-state index in [1.165, 1.54) is 11.1 Å². The molecule has 2 rings (SSSR count). The lowest BCUT2D eigenvalue weighted by Gasteiger charge is -2.17. The molecule has 19 heavy (non-hydrogen) atoms. The Balaban J connectivity index is 2.25. The van der Waals surface area contributed by atoms with Gasteiger partial charge in [0.05, 0.1) is 6.04 Å². The molecule has 0 bridgehead atoms. The molecule has 1 N–H and O–H groups in total. The minimum Gasteiger partial charge on any atom is -0.371 e. The fourth-order valence-electron chi connectivity index (χ4n) is 1.91. The first kappa shape index (κ1) is 13.5. The third-order valence-electron chi connectivity index (χ3n) is 2.75. The summed E-state index contributed by atoms with van der Waals surface area (Å²) in [5.41, 5.74) is 0.472. The molecule has 0 saturated carbocycles. The summed E-state index contributed by atoms with van der Waals surface area (Å²) in [6.07, 6.45) is 3.36. The van der Waals surface area contributed by atoms with E-state index in [4.69, 9.17) is 0 Å². The maximum Gasteiger partial charge on any atom is 0.386 e. The van der Waals surface area contributed by atoms with E-state index < -0.39 is 4.92 Å². The number of hydrogen-bond acceptors (Lipinski definition) is 5. The Morgan fingerprint density at radius 3 is 2.95 bits per heavy atom. The fraction of sp³-hybridized carbons (Fsp3) is 0.308. The highest BCUT2D eigenvalue weighted by Gasteiger charge is 2.19. The Kier molecular flexibility index (Phi) is 4.46. The summed E-state index contributed by atoms with van der Waals surface area (Å²) >= 11 is 1.65. The topological polar surface area (TPSA) is 68.1 Å². The van der Waals surface area contributed by atoms with Gasteiger partial charge >= 0.3 is 5.82 Å². The second-order valence-electron chi connectivity index (χ2n) is 4.13. The second-order valence-corrected chi connectivity index (χ2v) is 5.11. The van der Waals surface area contributed by atoms with Crippen molar-refractivity contribution in [2.75, 3.05) is 5.32 Å². The quantitative estimate of drug-likeness (QED) is 0.640. The summed E-state index contributed by atoms with van der Waals surface area (Å²) < 4.78 is 0. The number of thiophene rings is 1. The summed E-state index contributed by atoms with van der Waals surface area (Å²) in [4.78, 5) is 15.5. The number of rotatable bonds is 6. The number of pyridine rings is 1. The van der Waals surface area contributed by atoms with Gasteiger partial charge in [-0.1, -0.05) is 19.4 Å². The highest BCUT2D eigenvalue weighted by molar-refractivity contribution is 7.10. The van der Waals surface area contributed by atoms with Gasteiger partial charge in [0.25, 0.3) is 0 Å². The van der Waals surface area contributed by atoms with Crippen LogP contribution >= 0.6 is 11.3 Å². The molecule has 0 spiro atoms. The molecular weight excluding hydrogens is 262 g/mol. The summed E-state index contributed by atoms with van der Waals surface area (Å²) in [5, 5.41) is 16.2. The van der Waals surface area contributed by atoms with Gasteiger partial charge < -0.3 is 15.4 Å². The van der Waals surface area contributed by atoms with Crippen molar-refractivity contribution in [1.82, 2.24) is 4.98 Å². The van der Waals surface area contributed by atoms with Crippen LogP contribution in [0.25, 0.3) is 0 Å². The standard InChI is InChI=1S/C13H15N3O2S/c1-2-5-10(12-7-4-9-19-12)15-11-6-3-8-14-13(11)16(17)18/h3-4,6-10,15H,2,5H2,1H3. The Labute approximate surface area is 115 Å². The van der Waals surface area contributed by atoms with Crippen LogP contribution in [0.1, 0.15) is 30.7 Å². The molecule has 1 atom stereocenters. The lowest BCUT2D eigenvalue weighted by Crippen LogP contribution is -2.11. The van der Waals surface area contributed by atoms with Crippen molar-refractivity contribution >= 4 is 22.8 Å². The molecule has 0 aliphatic carbocycles. The molecule has 100 valence electrons. The normalized spacial score (nSPS) is 12.1. The molecule has 0 aliphatic rings. The van der Waals surface area contributed by atoms with Crippen LogP contribution < -0.4 is 5.32 Å². The maximum absolute atomic E-state index is 11.0. The number of nitro groups is 1. The van der Waals surface area contributed by atoms with Crippen LogP contribution in [0.2, 0.25) is 0 Å². The van der Waals surface area contributed by atoms with Crippen LogP contribution in [0, 0.1) is 10.1 Å². The zero-order valence-electron chi connectivity index (χ0n) is 10.6. The number of anilines is 1. The summed E-state index contributed by atoms with van der Waals surface area (Å²) in [7, 11) is 0. The molecular formula is C13H15N3O2S. The predicted molar refractivity (Wildman–Crippen MR) is 76.5 cm³/mol. The van der Waals surface area contributed by atoms with Gasteiger partial charge in [0, 0.05) is 4.88 Å². The van der Waals surface area contributed by atoms with Crippen LogP contribution in [0.4, 0.5) is 11.5 Å². The summed E-state index contributed by atoms with van der Waals surface area (Å²) in [6.45, 7) is 2.10. The molecule has 6 heteroatoms. The molecule has 0 fully saturated rings. The zero-order valence-corrected chi connectivity index (χ0v) is 11.4. The lowest BCUT2D eigenvalue weighted by molar-refractivity contribution is -0.388. The molecule has 2 aromatic rings. The van der Waals surface area contributed by atoms with Crippen LogP contribution in [0.3, 0.4) is 0 Å². The molecule has 2 heterocycles. The molecule has 0 radical (unpaired) electrons. The van der Waals surface area contributed by atoms with Crippen LogP contribution in [-0.4, -0.2) is 9.91 Å². The monoisotopic (exact) mass is 277 g/mol. The first-order valence-corrected chi connectivity index (χ1v) is 6.99. The van der Waals surface area contributed by atoms with Crippen LogP contribution in [0.5, 0.6) is 0 Å². The minimum absolute atomic E-state index is 0.0906. The van der Waals surface area contributed by atoms with Crippen molar-refractivity contribution in [1.29, 1.82) is 0 Å². The Bertz CT molecular complexity index is 543. The largest absolute Gasteiger partial charge is 0.386 e. The van der Waals surface area contributed by atoms with E-state index >= 15 is 0 Å². The van der Waals surface area contributed by atoms with E-state index in [0.717, 1.165) is 12.8 Å². The van der Waals surface area contributed by atoms with Crippen molar-refractivity contribution in [2.24, 2.45) is 0 Å². The second kappa shape index (κ2) is 6.29. The average molecular weight is 277 g/mol. The van der Waals surface area contributed by atoms with Gasteiger partial charge in [-0.2, -0.15) is 0 Å². The van der Waals surface area contributed by atoms with Gasteiger partial charge in [-0.05, 0) is 39.9 Å². The number of nitrogens with one attached hydrogen (secondary N) is 1. The molecule has 0 aromatic carbocycles. The van der Waals surface area contributed by atoms with Crippen LogP contribution in [0.15, 0.2) is 35.8 Å². The smallest absolute Gasteiger partial charge is 0.371 e. The summed E-state index contributed by atoms with van der Waals surface area (Å²) in [6, 6.07) is 7.52. The van der Waals surface area contributed by atoms with E-state index in [-0.39, 0.29) is 11.9 Å². The van der Waals surface area contributed by atoms with Crippen molar-refractivity contribution in [3.63, 3.8) is 0 Å². The van der Waals surface area contributed by atoms with Gasteiger partial charge in [-0.3, -0.25) is 0 Å². The third-order valence-corrected chi connectivity index (χ3v) is 3.74. The molecule has 5 nitrogen and oxygen atoms in total. The Morgan fingerprint density at radius 2 is 2.32 bits per heavy atom. The van der Waals surface area contributed by atoms with Gasteiger partial charge in [0.15, 0.2) is 0 Å².